The summed E-state index contributed by atoms with van der Waals surface area (Å²) in [4.78, 5) is 60.2. The van der Waals surface area contributed by atoms with E-state index in [1.807, 2.05) is 0 Å². The maximum absolute atomic E-state index is 12.8. The van der Waals surface area contributed by atoms with E-state index in [1.165, 1.54) is 43.5 Å². The Labute approximate surface area is 198 Å². The SMILES string of the molecule is COC(=O)c1ccc(CN2C(=O)NC(=Cc3cccc([N+](=O)[O-])c3OCC(=O)OC(C)C)C2=O)o1. The van der Waals surface area contributed by atoms with Crippen molar-refractivity contribution in [3.8, 4) is 5.75 Å². The largest absolute Gasteiger partial charge is 0.474 e. The van der Waals surface area contributed by atoms with E-state index in [-0.39, 0.29) is 35.1 Å². The van der Waals surface area contributed by atoms with Gasteiger partial charge in [-0.05, 0) is 32.1 Å². The second-order valence-electron chi connectivity index (χ2n) is 7.42. The highest BCUT2D eigenvalue weighted by molar-refractivity contribution is 6.14. The van der Waals surface area contributed by atoms with Crippen molar-refractivity contribution >= 4 is 35.6 Å². The fraction of sp³-hybridized carbons (Fsp3) is 0.273. The van der Waals surface area contributed by atoms with Crippen molar-refractivity contribution in [3.63, 3.8) is 0 Å². The van der Waals surface area contributed by atoms with Gasteiger partial charge in [-0.25, -0.2) is 14.4 Å². The molecular formula is C22H21N3O10. The van der Waals surface area contributed by atoms with E-state index in [0.717, 1.165) is 4.90 Å². The van der Waals surface area contributed by atoms with Crippen LogP contribution in [0.4, 0.5) is 10.5 Å². The van der Waals surface area contributed by atoms with E-state index in [4.69, 9.17) is 13.9 Å². The number of nitro benzene ring substituents is 1. The number of hydrogen-bond acceptors (Lipinski definition) is 10. The fourth-order valence-corrected chi connectivity index (χ4v) is 3.08. The Morgan fingerprint density at radius 2 is 1.97 bits per heavy atom. The Morgan fingerprint density at radius 3 is 2.63 bits per heavy atom. The molecule has 13 nitrogen and oxygen atoms in total. The molecule has 2 aromatic rings. The molecule has 1 aliphatic rings. The third kappa shape index (κ3) is 5.82. The lowest BCUT2D eigenvalue weighted by Crippen LogP contribution is -2.30. The van der Waals surface area contributed by atoms with Crippen LogP contribution in [0.3, 0.4) is 0 Å². The molecule has 0 spiro atoms. The van der Waals surface area contributed by atoms with Crippen molar-refractivity contribution in [1.82, 2.24) is 10.2 Å². The van der Waals surface area contributed by atoms with Gasteiger partial charge in [-0.15, -0.1) is 0 Å². The molecule has 1 aromatic heterocycles. The summed E-state index contributed by atoms with van der Waals surface area (Å²) in [6.45, 7) is 2.39. The van der Waals surface area contributed by atoms with Crippen molar-refractivity contribution in [2.75, 3.05) is 13.7 Å². The Morgan fingerprint density at radius 1 is 1.23 bits per heavy atom. The maximum atomic E-state index is 12.8. The van der Waals surface area contributed by atoms with Gasteiger partial charge in [-0.1, -0.05) is 12.1 Å². The number of para-hydroxylation sites is 1. The number of nitrogens with zero attached hydrogens (tertiary/aromatic N) is 2. The molecule has 1 saturated heterocycles. The number of imide groups is 1. The number of carbonyl (C=O) groups excluding carboxylic acids is 4. The minimum Gasteiger partial charge on any atom is -0.474 e. The van der Waals surface area contributed by atoms with Crippen LogP contribution in [0.2, 0.25) is 0 Å². The topological polar surface area (TPSA) is 168 Å². The molecule has 0 radical (unpaired) electrons. The molecule has 35 heavy (non-hydrogen) atoms. The van der Waals surface area contributed by atoms with Gasteiger partial charge in [0, 0.05) is 11.6 Å². The molecular weight excluding hydrogens is 466 g/mol. The maximum Gasteiger partial charge on any atom is 0.373 e. The molecule has 0 aliphatic carbocycles. The average molecular weight is 487 g/mol. The quantitative estimate of drug-likeness (QED) is 0.182. The van der Waals surface area contributed by atoms with Crippen LogP contribution in [0.5, 0.6) is 5.75 Å². The summed E-state index contributed by atoms with van der Waals surface area (Å²) in [6.07, 6.45) is 0.784. The molecule has 0 saturated carbocycles. The Hall–Kier alpha value is -4.68. The molecule has 3 amide bonds. The van der Waals surface area contributed by atoms with Gasteiger partial charge in [0.1, 0.15) is 11.5 Å². The fourth-order valence-electron chi connectivity index (χ4n) is 3.08. The van der Waals surface area contributed by atoms with Gasteiger partial charge in [-0.3, -0.25) is 19.8 Å². The highest BCUT2D eigenvalue weighted by Crippen LogP contribution is 2.33. The van der Waals surface area contributed by atoms with Crippen molar-refractivity contribution in [3.05, 3.63) is 63.2 Å². The molecule has 184 valence electrons. The number of amides is 3. The minimum atomic E-state index is -0.773. The van der Waals surface area contributed by atoms with E-state index in [0.29, 0.717) is 0 Å². The lowest BCUT2D eigenvalue weighted by Gasteiger charge is -2.11. The number of urea groups is 1. The average Bonchev–Trinajstić information content (AvgIpc) is 3.37. The predicted octanol–water partition coefficient (Wildman–Crippen LogP) is 2.40. The van der Waals surface area contributed by atoms with E-state index in [9.17, 15) is 29.3 Å². The molecule has 1 N–H and O–H groups in total. The van der Waals surface area contributed by atoms with E-state index >= 15 is 0 Å². The van der Waals surface area contributed by atoms with Crippen LogP contribution in [-0.2, 0) is 25.6 Å². The van der Waals surface area contributed by atoms with Crippen LogP contribution < -0.4 is 10.1 Å². The first-order valence-corrected chi connectivity index (χ1v) is 10.2. The van der Waals surface area contributed by atoms with Gasteiger partial charge in [0.05, 0.1) is 24.7 Å². The van der Waals surface area contributed by atoms with Crippen LogP contribution in [0, 0.1) is 10.1 Å². The first-order chi connectivity index (χ1) is 16.6. The zero-order valence-electron chi connectivity index (χ0n) is 18.9. The van der Waals surface area contributed by atoms with E-state index in [2.05, 4.69) is 10.1 Å². The zero-order valence-corrected chi connectivity index (χ0v) is 18.9. The number of rotatable bonds is 9. The first-order valence-electron chi connectivity index (χ1n) is 10.2. The number of benzene rings is 1. The molecule has 2 heterocycles. The number of esters is 2. The van der Waals surface area contributed by atoms with Gasteiger partial charge in [-0.2, -0.15) is 0 Å². The Balaban J connectivity index is 1.85. The van der Waals surface area contributed by atoms with Crippen LogP contribution in [-0.4, -0.2) is 53.5 Å². The van der Waals surface area contributed by atoms with Gasteiger partial charge in [0.25, 0.3) is 5.91 Å². The van der Waals surface area contributed by atoms with Gasteiger partial charge in [0.2, 0.25) is 11.5 Å². The van der Waals surface area contributed by atoms with E-state index < -0.39 is 47.2 Å². The molecule has 1 fully saturated rings. The highest BCUT2D eigenvalue weighted by Gasteiger charge is 2.35. The van der Waals surface area contributed by atoms with Crippen LogP contribution in [0.25, 0.3) is 6.08 Å². The van der Waals surface area contributed by atoms with E-state index in [1.54, 1.807) is 13.8 Å². The van der Waals surface area contributed by atoms with Crippen molar-refractivity contribution in [2.24, 2.45) is 0 Å². The molecule has 0 unspecified atom stereocenters. The zero-order chi connectivity index (χ0) is 25.7. The summed E-state index contributed by atoms with van der Waals surface area (Å²) in [6, 6.07) is 5.93. The Bertz CT molecular complexity index is 1210. The molecule has 1 aromatic carbocycles. The summed E-state index contributed by atoms with van der Waals surface area (Å²) in [5, 5.41) is 13.9. The minimum absolute atomic E-state index is 0.0769. The Kier molecular flexibility index (Phi) is 7.49. The summed E-state index contributed by atoms with van der Waals surface area (Å²) in [5.74, 6) is -2.43. The summed E-state index contributed by atoms with van der Waals surface area (Å²) < 4.78 is 20.2. The van der Waals surface area contributed by atoms with Gasteiger partial charge >= 0.3 is 23.7 Å². The van der Waals surface area contributed by atoms with Crippen molar-refractivity contribution < 1.29 is 42.7 Å². The van der Waals surface area contributed by atoms with Crippen LogP contribution >= 0.6 is 0 Å². The smallest absolute Gasteiger partial charge is 0.373 e. The van der Waals surface area contributed by atoms with Gasteiger partial charge < -0.3 is 23.9 Å². The molecule has 3 rings (SSSR count). The highest BCUT2D eigenvalue weighted by atomic mass is 16.6. The summed E-state index contributed by atoms with van der Waals surface area (Å²) >= 11 is 0. The first kappa shape index (κ1) is 25.0. The number of carbonyl (C=O) groups is 4. The summed E-state index contributed by atoms with van der Waals surface area (Å²) in [5.41, 5.74) is -0.561. The molecule has 1 aliphatic heterocycles. The number of furan rings is 1. The third-order valence-corrected chi connectivity index (χ3v) is 4.55. The number of ether oxygens (including phenoxy) is 3. The number of hydrogen-bond donors (Lipinski definition) is 1. The summed E-state index contributed by atoms with van der Waals surface area (Å²) in [7, 11) is 1.18. The molecule has 0 atom stereocenters. The monoisotopic (exact) mass is 487 g/mol. The number of nitro groups is 1. The number of nitrogens with one attached hydrogen (secondary N) is 1. The van der Waals surface area contributed by atoms with Crippen molar-refractivity contribution in [2.45, 2.75) is 26.5 Å². The molecule has 0 bridgehead atoms. The number of methoxy groups -OCH3 is 1. The standard InChI is InChI=1S/C22H21N3O10/c1-12(2)34-18(26)11-33-19-13(5-4-6-16(19)25(30)31)9-15-20(27)24(22(29)23-15)10-14-7-8-17(35-14)21(28)32-3/h4-9,12H,10-11H2,1-3H3,(H,23,29). The predicted molar refractivity (Wildman–Crippen MR) is 117 cm³/mol. The normalized spacial score (nSPS) is 14.3. The van der Waals surface area contributed by atoms with Crippen molar-refractivity contribution in [1.29, 1.82) is 0 Å². The van der Waals surface area contributed by atoms with Crippen LogP contribution in [0.1, 0.15) is 35.7 Å². The van der Waals surface area contributed by atoms with Crippen LogP contribution in [0.15, 0.2) is 40.4 Å². The lowest BCUT2D eigenvalue weighted by molar-refractivity contribution is -0.385. The lowest BCUT2D eigenvalue weighted by atomic mass is 10.1. The second kappa shape index (κ2) is 10.5. The van der Waals surface area contributed by atoms with Gasteiger partial charge in [0.15, 0.2) is 6.61 Å². The third-order valence-electron chi connectivity index (χ3n) is 4.55. The molecule has 13 heteroatoms. The second-order valence-corrected chi connectivity index (χ2v) is 7.42.